The fraction of sp³-hybridized carbons (Fsp3) is 0.105. The number of carbonyl (C=O) groups is 1. The lowest BCUT2D eigenvalue weighted by Gasteiger charge is -2.20. The van der Waals surface area contributed by atoms with Crippen molar-refractivity contribution >= 4 is 69.3 Å². The summed E-state index contributed by atoms with van der Waals surface area (Å²) < 4.78 is 2.02. The predicted molar refractivity (Wildman–Crippen MR) is 110 cm³/mol. The second kappa shape index (κ2) is 7.46. The molecule has 1 unspecified atom stereocenters. The number of amides is 1. The van der Waals surface area contributed by atoms with Crippen LogP contribution in [-0.2, 0) is 11.3 Å². The third kappa shape index (κ3) is 3.43. The molecule has 1 aromatic carbocycles. The van der Waals surface area contributed by atoms with E-state index in [1.807, 2.05) is 19.1 Å². The molecule has 3 aromatic rings. The molecule has 2 aromatic heterocycles. The van der Waals surface area contributed by atoms with Crippen molar-refractivity contribution in [2.24, 2.45) is 0 Å². The van der Waals surface area contributed by atoms with Gasteiger partial charge in [0.15, 0.2) is 16.2 Å². The van der Waals surface area contributed by atoms with E-state index in [1.54, 1.807) is 35.2 Å². The monoisotopic (exact) mass is 453 g/mol. The normalized spacial score (nSPS) is 16.4. The number of pyridine rings is 1. The van der Waals surface area contributed by atoms with E-state index in [2.05, 4.69) is 4.98 Å². The fourth-order valence-corrected chi connectivity index (χ4v) is 4.83. The Morgan fingerprint density at radius 3 is 2.57 bits per heavy atom. The second-order valence-electron chi connectivity index (χ2n) is 6.33. The molecule has 1 aliphatic heterocycles. The van der Waals surface area contributed by atoms with Crippen molar-refractivity contribution in [3.8, 4) is 0 Å². The molecule has 4 rings (SSSR count). The molecule has 0 saturated heterocycles. The number of nitrogens with one attached hydrogen (secondary N) is 1. The third-order valence-corrected chi connectivity index (χ3v) is 6.01. The van der Waals surface area contributed by atoms with Crippen molar-refractivity contribution in [1.29, 1.82) is 0 Å². The van der Waals surface area contributed by atoms with E-state index in [4.69, 9.17) is 34.8 Å². The third-order valence-electron chi connectivity index (χ3n) is 4.46. The van der Waals surface area contributed by atoms with Crippen LogP contribution in [0, 0.1) is 6.92 Å². The highest BCUT2D eigenvalue weighted by molar-refractivity contribution is 7.15. The molecule has 0 radical (unpaired) electrons. The van der Waals surface area contributed by atoms with E-state index in [-0.39, 0.29) is 17.4 Å². The summed E-state index contributed by atoms with van der Waals surface area (Å²) in [6, 6.07) is 8.51. The average molecular weight is 455 g/mol. The molecular formula is C19H14Cl3N3O2S+2. The number of quaternary nitrogens is 1. The average Bonchev–Trinajstić information content (AvgIpc) is 3.03. The van der Waals surface area contributed by atoms with Gasteiger partial charge in [-0.15, -0.1) is 11.3 Å². The number of thiazole rings is 1. The topological polar surface area (TPSA) is 58.5 Å². The number of hydrogen-bond acceptors (Lipinski definition) is 4. The summed E-state index contributed by atoms with van der Waals surface area (Å²) >= 11 is 19.5. The van der Waals surface area contributed by atoms with Gasteiger partial charge in [0, 0.05) is 27.9 Å². The Hall–Kier alpha value is -1.96. The Morgan fingerprint density at radius 2 is 1.93 bits per heavy atom. The maximum absolute atomic E-state index is 13.5. The van der Waals surface area contributed by atoms with Crippen molar-refractivity contribution in [3.63, 3.8) is 0 Å². The zero-order valence-corrected chi connectivity index (χ0v) is 17.6. The first-order valence-electron chi connectivity index (χ1n) is 8.27. The molecule has 3 heterocycles. The van der Waals surface area contributed by atoms with Gasteiger partial charge in [-0.2, -0.15) is 4.90 Å². The first-order chi connectivity index (χ1) is 13.3. The minimum atomic E-state index is -0.283. The van der Waals surface area contributed by atoms with Crippen molar-refractivity contribution < 1.29 is 19.4 Å². The van der Waals surface area contributed by atoms with Gasteiger partial charge >= 0.3 is 17.6 Å². The summed E-state index contributed by atoms with van der Waals surface area (Å²) in [7, 11) is 0. The molecule has 142 valence electrons. The summed E-state index contributed by atoms with van der Waals surface area (Å²) in [6.07, 6.45) is 3.37. The summed E-state index contributed by atoms with van der Waals surface area (Å²) in [6.45, 7) is 2.24. The van der Waals surface area contributed by atoms with Crippen LogP contribution in [0.25, 0.3) is 11.5 Å². The number of aromatic nitrogens is 2. The van der Waals surface area contributed by atoms with Gasteiger partial charge in [-0.25, -0.2) is 9.78 Å². The van der Waals surface area contributed by atoms with Crippen LogP contribution in [0.3, 0.4) is 0 Å². The molecule has 0 aliphatic carbocycles. The number of benzene rings is 1. The second-order valence-corrected chi connectivity index (χ2v) is 8.90. The number of carbonyl (C=O) groups excluding carboxylic acids is 1. The van der Waals surface area contributed by atoms with Crippen LogP contribution in [0.1, 0.15) is 16.0 Å². The molecule has 28 heavy (non-hydrogen) atoms. The highest BCUT2D eigenvalue weighted by Gasteiger charge is 2.46. The van der Waals surface area contributed by atoms with E-state index >= 15 is 0 Å². The quantitative estimate of drug-likeness (QED) is 0.591. The molecule has 0 spiro atoms. The van der Waals surface area contributed by atoms with E-state index in [0.717, 1.165) is 10.4 Å². The lowest BCUT2D eigenvalue weighted by atomic mass is 10.0. The molecule has 0 bridgehead atoms. The smallest absolute Gasteiger partial charge is 0.393 e. The summed E-state index contributed by atoms with van der Waals surface area (Å²) in [5, 5.41) is 11.7. The van der Waals surface area contributed by atoms with Gasteiger partial charge in [-0.3, -0.25) is 0 Å². The molecule has 0 saturated carbocycles. The number of aliphatic hydroxyl groups is 1. The molecule has 0 fully saturated rings. The highest BCUT2D eigenvalue weighted by atomic mass is 35.5. The van der Waals surface area contributed by atoms with Gasteiger partial charge in [-0.1, -0.05) is 39.4 Å². The van der Waals surface area contributed by atoms with Crippen LogP contribution >= 0.6 is 46.1 Å². The maximum Gasteiger partial charge on any atom is 0.393 e. The van der Waals surface area contributed by atoms with Crippen LogP contribution in [0.5, 0.6) is 0 Å². The summed E-state index contributed by atoms with van der Waals surface area (Å²) in [4.78, 5) is 18.9. The maximum atomic E-state index is 13.5. The van der Waals surface area contributed by atoms with E-state index in [1.165, 1.54) is 11.3 Å². The van der Waals surface area contributed by atoms with E-state index in [9.17, 15) is 9.90 Å². The number of aliphatic hydroxyl groups excluding tert-OH is 1. The highest BCUT2D eigenvalue weighted by Crippen LogP contribution is 2.28. The van der Waals surface area contributed by atoms with E-state index in [0.29, 0.717) is 37.3 Å². The zero-order chi connectivity index (χ0) is 20.0. The number of halogens is 3. The molecule has 1 amide bonds. The minimum Gasteiger partial charge on any atom is -0.459 e. The van der Waals surface area contributed by atoms with Gasteiger partial charge in [0.05, 0.1) is 10.4 Å². The van der Waals surface area contributed by atoms with Gasteiger partial charge in [-0.05, 0) is 31.2 Å². The standard InChI is InChI=1S/C19H12Cl3N3O2S/c1-10-3-2-4-24-16(10)25(9-14-8-23-19(22)28-14)18(27)15(17(24)26)11-5-12(20)7-13(21)6-11/h2-8H,9H2,1H3/p+2. The molecule has 5 nitrogen and oxygen atoms in total. The largest absolute Gasteiger partial charge is 0.459 e. The lowest BCUT2D eigenvalue weighted by Crippen LogP contribution is -3.11. The Bertz CT molecular complexity index is 1120. The summed E-state index contributed by atoms with van der Waals surface area (Å²) in [5.41, 5.74) is 1.48. The van der Waals surface area contributed by atoms with Crippen molar-refractivity contribution in [1.82, 2.24) is 4.98 Å². The van der Waals surface area contributed by atoms with Crippen LogP contribution in [0.2, 0.25) is 14.5 Å². The molecule has 9 heteroatoms. The Morgan fingerprint density at radius 1 is 1.21 bits per heavy atom. The number of fused-ring (bicyclic) bond motifs is 1. The molecule has 1 atom stereocenters. The number of nitrogens with zero attached hydrogens (tertiary/aromatic N) is 2. The molecule has 2 N–H and O–H groups in total. The number of rotatable bonds is 3. The first kappa shape index (κ1) is 19.4. The van der Waals surface area contributed by atoms with Crippen LogP contribution in [-0.4, -0.2) is 16.0 Å². The number of hydrogen-bond donors (Lipinski definition) is 2. The van der Waals surface area contributed by atoms with E-state index < -0.39 is 0 Å². The fourth-order valence-electron chi connectivity index (χ4n) is 3.32. The molecule has 1 aliphatic rings. The van der Waals surface area contributed by atoms with Crippen molar-refractivity contribution in [3.05, 3.63) is 73.2 Å². The Balaban J connectivity index is 1.91. The van der Waals surface area contributed by atoms with Gasteiger partial charge in [0.2, 0.25) is 0 Å². The zero-order valence-electron chi connectivity index (χ0n) is 14.5. The first-order valence-corrected chi connectivity index (χ1v) is 10.2. The van der Waals surface area contributed by atoms with Crippen molar-refractivity contribution in [2.75, 3.05) is 0 Å². The van der Waals surface area contributed by atoms with Crippen molar-refractivity contribution in [2.45, 2.75) is 13.5 Å². The van der Waals surface area contributed by atoms with Crippen LogP contribution in [0.4, 0.5) is 5.82 Å². The molecular weight excluding hydrogens is 441 g/mol. The minimum absolute atomic E-state index is 0.151. The number of aryl methyl sites for hydroxylation is 1. The lowest BCUT2D eigenvalue weighted by molar-refractivity contribution is -0.838. The predicted octanol–water partition coefficient (Wildman–Crippen LogP) is 3.84. The van der Waals surface area contributed by atoms with Gasteiger partial charge in [0.1, 0.15) is 6.54 Å². The van der Waals surface area contributed by atoms with Crippen LogP contribution in [0.15, 0.2) is 42.7 Å². The van der Waals surface area contributed by atoms with Crippen LogP contribution < -0.4 is 9.47 Å². The Kier molecular flexibility index (Phi) is 5.16. The Labute approximate surface area is 180 Å². The van der Waals surface area contributed by atoms with Gasteiger partial charge < -0.3 is 5.11 Å². The SMILES string of the molecule is Cc1ccc[n+]2c1[NH+](Cc1cnc(Cl)s1)C(=O)C(c1cc(Cl)cc(Cl)c1)=C2O. The van der Waals surface area contributed by atoms with Gasteiger partial charge in [0.25, 0.3) is 0 Å². The summed E-state index contributed by atoms with van der Waals surface area (Å²) in [5.74, 6) is 0.217.